The van der Waals surface area contributed by atoms with Gasteiger partial charge in [-0.25, -0.2) is 13.8 Å². The van der Waals surface area contributed by atoms with Crippen molar-refractivity contribution >= 4 is 11.9 Å². The van der Waals surface area contributed by atoms with Gasteiger partial charge in [0.25, 0.3) is 11.9 Å². The van der Waals surface area contributed by atoms with Gasteiger partial charge in [-0.05, 0) is 25.1 Å². The number of nitrogens with zero attached hydrogens (tertiary/aromatic N) is 1. The van der Waals surface area contributed by atoms with Crippen molar-refractivity contribution in [3.8, 4) is 0 Å². The zero-order valence-electron chi connectivity index (χ0n) is 14.0. The number of rotatable bonds is 3. The average Bonchev–Trinajstić information content (AvgIpc) is 2.65. The topological polar surface area (TPSA) is 70.9 Å². The summed E-state index contributed by atoms with van der Waals surface area (Å²) in [6, 6.07) is 13.7. The molecule has 2 aromatic rings. The van der Waals surface area contributed by atoms with Crippen LogP contribution in [0.4, 0.5) is 8.78 Å². The maximum atomic E-state index is 14.9. The van der Waals surface area contributed by atoms with Crippen LogP contribution in [0.1, 0.15) is 22.8 Å². The summed E-state index contributed by atoms with van der Waals surface area (Å²) in [6.45, 7) is 0.751. The van der Waals surface area contributed by atoms with Crippen LogP contribution in [0, 0.1) is 5.82 Å². The van der Waals surface area contributed by atoms with Crippen LogP contribution in [0.25, 0.3) is 0 Å². The molecular weight excluding hydrogens is 342 g/mol. The van der Waals surface area contributed by atoms with E-state index in [4.69, 9.17) is 4.74 Å². The molecule has 0 radical (unpaired) electrons. The molecule has 1 aliphatic rings. The number of carbonyl (C=O) groups is 1. The number of alkyl halides is 1. The summed E-state index contributed by atoms with van der Waals surface area (Å²) in [4.78, 5) is 16.4. The number of benzene rings is 2. The quantitative estimate of drug-likeness (QED) is 0.884. The van der Waals surface area contributed by atoms with Crippen molar-refractivity contribution in [2.75, 3.05) is 6.61 Å². The molecule has 2 N–H and O–H groups in total. The van der Waals surface area contributed by atoms with E-state index in [2.05, 4.69) is 10.3 Å². The Morgan fingerprint density at radius 1 is 1.23 bits per heavy atom. The summed E-state index contributed by atoms with van der Waals surface area (Å²) in [7, 11) is 0. The van der Waals surface area contributed by atoms with Crippen LogP contribution in [0.5, 0.6) is 0 Å². The van der Waals surface area contributed by atoms with Crippen LogP contribution in [0.3, 0.4) is 0 Å². The predicted octanol–water partition coefficient (Wildman–Crippen LogP) is 2.56. The monoisotopic (exact) mass is 360 g/mol. The first kappa shape index (κ1) is 18.0. The van der Waals surface area contributed by atoms with Crippen molar-refractivity contribution < 1.29 is 23.4 Å². The van der Waals surface area contributed by atoms with Gasteiger partial charge in [0.2, 0.25) is 0 Å². The van der Waals surface area contributed by atoms with Gasteiger partial charge in [-0.2, -0.15) is 0 Å². The lowest BCUT2D eigenvalue weighted by Gasteiger charge is -2.38. The molecule has 5 nitrogen and oxygen atoms in total. The summed E-state index contributed by atoms with van der Waals surface area (Å²) in [6.07, 6.45) is -3.09. The average molecular weight is 360 g/mol. The van der Waals surface area contributed by atoms with Crippen LogP contribution >= 0.6 is 0 Å². The molecule has 0 aliphatic carbocycles. The molecule has 136 valence electrons. The lowest BCUT2D eigenvalue weighted by atomic mass is 9.84. The molecule has 0 spiro atoms. The number of halogens is 2. The van der Waals surface area contributed by atoms with E-state index in [1.807, 2.05) is 0 Å². The van der Waals surface area contributed by atoms with E-state index < -0.39 is 36.1 Å². The van der Waals surface area contributed by atoms with Crippen molar-refractivity contribution in [3.63, 3.8) is 0 Å². The highest BCUT2D eigenvalue weighted by Gasteiger charge is 2.48. The largest absolute Gasteiger partial charge is 0.456 e. The second kappa shape index (κ2) is 7.21. The zero-order valence-corrected chi connectivity index (χ0v) is 14.0. The third kappa shape index (κ3) is 3.30. The first-order valence-corrected chi connectivity index (χ1v) is 8.08. The molecule has 1 amide bonds. The van der Waals surface area contributed by atoms with Crippen molar-refractivity contribution in [3.05, 3.63) is 71.5 Å². The number of aliphatic hydroxyl groups excluding tert-OH is 1. The second-order valence-electron chi connectivity index (χ2n) is 6.11. The number of aliphatic hydroxyl groups is 1. The lowest BCUT2D eigenvalue weighted by Crippen LogP contribution is -2.52. The summed E-state index contributed by atoms with van der Waals surface area (Å²) in [5, 5.41) is 11.9. The Balaban J connectivity index is 1.97. The number of amides is 1. The molecule has 7 heteroatoms. The van der Waals surface area contributed by atoms with E-state index in [1.54, 1.807) is 36.4 Å². The third-order valence-electron chi connectivity index (χ3n) is 4.32. The van der Waals surface area contributed by atoms with Gasteiger partial charge in [-0.3, -0.25) is 10.1 Å². The number of aliphatic imine (C=N–C) groups is 1. The minimum atomic E-state index is -1.80. The molecule has 3 rings (SSSR count). The maximum Gasteiger partial charge on any atom is 0.293 e. The van der Waals surface area contributed by atoms with Crippen LogP contribution in [-0.4, -0.2) is 35.9 Å². The first-order chi connectivity index (χ1) is 12.5. The first-order valence-electron chi connectivity index (χ1n) is 8.08. The Kier molecular flexibility index (Phi) is 4.99. The second-order valence-corrected chi connectivity index (χ2v) is 6.11. The fourth-order valence-corrected chi connectivity index (χ4v) is 2.89. The van der Waals surface area contributed by atoms with Crippen LogP contribution < -0.4 is 5.32 Å². The molecular formula is C19H18F2N2O3. The minimum absolute atomic E-state index is 0.0145. The Morgan fingerprint density at radius 2 is 1.88 bits per heavy atom. The number of carbonyl (C=O) groups excluding carboxylic acids is 1. The van der Waals surface area contributed by atoms with Crippen molar-refractivity contribution in [2.45, 2.75) is 24.7 Å². The van der Waals surface area contributed by atoms with Crippen LogP contribution in [0.2, 0.25) is 0 Å². The van der Waals surface area contributed by atoms with Crippen LogP contribution in [-0.2, 0) is 10.3 Å². The fraction of sp³-hybridized carbons (Fsp3) is 0.263. The molecule has 1 aliphatic heterocycles. The van der Waals surface area contributed by atoms with Gasteiger partial charge in [-0.15, -0.1) is 0 Å². The summed E-state index contributed by atoms with van der Waals surface area (Å²) in [5.74, 6) is -1.14. The highest BCUT2D eigenvalue weighted by atomic mass is 19.1. The van der Waals surface area contributed by atoms with Gasteiger partial charge >= 0.3 is 0 Å². The Hall–Kier alpha value is -2.80. The van der Waals surface area contributed by atoms with Gasteiger partial charge in [0.1, 0.15) is 11.4 Å². The minimum Gasteiger partial charge on any atom is -0.456 e. The van der Waals surface area contributed by atoms with Gasteiger partial charge in [0, 0.05) is 11.1 Å². The summed E-state index contributed by atoms with van der Waals surface area (Å²) in [5.41, 5.74) is -1.29. The van der Waals surface area contributed by atoms with E-state index in [0.29, 0.717) is 5.56 Å². The smallest absolute Gasteiger partial charge is 0.293 e. The lowest BCUT2D eigenvalue weighted by molar-refractivity contribution is -0.0161. The van der Waals surface area contributed by atoms with E-state index in [1.165, 1.54) is 25.1 Å². The van der Waals surface area contributed by atoms with E-state index in [0.717, 1.165) is 0 Å². The Labute approximate surface area is 149 Å². The van der Waals surface area contributed by atoms with E-state index in [9.17, 15) is 18.7 Å². The molecule has 0 saturated heterocycles. The maximum absolute atomic E-state index is 14.9. The number of nitrogens with one attached hydrogen (secondary N) is 1. The van der Waals surface area contributed by atoms with Crippen molar-refractivity contribution in [1.82, 2.24) is 5.32 Å². The van der Waals surface area contributed by atoms with Gasteiger partial charge in [0.15, 0.2) is 12.3 Å². The predicted molar refractivity (Wildman–Crippen MR) is 92.0 cm³/mol. The standard InChI is InChI=1S/C19H18F2N2O3/c1-19(13-9-5-6-10-14(13)20)16(21)15(11-24)26-18(23-19)22-17(25)12-7-3-2-4-8-12/h2-10,15-16,24H,11H2,1H3,(H,22,23,25)/t15-,16-,19+/m0/s1. The highest BCUT2D eigenvalue weighted by Crippen LogP contribution is 2.38. The van der Waals surface area contributed by atoms with E-state index >= 15 is 0 Å². The molecule has 1 heterocycles. The number of ether oxygens (including phenoxy) is 1. The van der Waals surface area contributed by atoms with E-state index in [-0.39, 0.29) is 11.6 Å². The highest BCUT2D eigenvalue weighted by molar-refractivity contribution is 6.04. The Morgan fingerprint density at radius 3 is 2.54 bits per heavy atom. The summed E-state index contributed by atoms with van der Waals surface area (Å²) < 4.78 is 34.4. The van der Waals surface area contributed by atoms with Gasteiger partial charge < -0.3 is 9.84 Å². The molecule has 0 fully saturated rings. The fourth-order valence-electron chi connectivity index (χ4n) is 2.89. The van der Waals surface area contributed by atoms with Crippen molar-refractivity contribution in [1.29, 1.82) is 0 Å². The molecule has 0 aromatic heterocycles. The number of hydrogen-bond donors (Lipinski definition) is 2. The molecule has 0 bridgehead atoms. The van der Waals surface area contributed by atoms with Crippen LogP contribution in [0.15, 0.2) is 59.6 Å². The number of amidine groups is 1. The van der Waals surface area contributed by atoms with Gasteiger partial charge in [0.05, 0.1) is 6.61 Å². The molecule has 0 saturated carbocycles. The molecule has 26 heavy (non-hydrogen) atoms. The number of hydrogen-bond acceptors (Lipinski definition) is 4. The van der Waals surface area contributed by atoms with Crippen molar-refractivity contribution in [2.24, 2.45) is 4.99 Å². The molecule has 2 aromatic carbocycles. The normalized spacial score (nSPS) is 25.2. The summed E-state index contributed by atoms with van der Waals surface area (Å²) >= 11 is 0. The Bertz CT molecular complexity index is 829. The van der Waals surface area contributed by atoms with Gasteiger partial charge in [-0.1, -0.05) is 36.4 Å². The molecule has 3 atom stereocenters. The third-order valence-corrected chi connectivity index (χ3v) is 4.32. The molecule has 0 unspecified atom stereocenters. The SMILES string of the molecule is C[C@]1(c2ccccc2F)N=C(NC(=O)c2ccccc2)O[C@@H](CO)[C@@H]1F. The zero-order chi connectivity index (χ0) is 18.7.